The summed E-state index contributed by atoms with van der Waals surface area (Å²) < 4.78 is 12.2. The molecule has 4 bridgehead atoms. The van der Waals surface area contributed by atoms with Crippen LogP contribution in [-0.2, 0) is 24.0 Å². The number of rotatable bonds is 8. The Morgan fingerprint density at radius 2 is 1.85 bits per heavy atom. The van der Waals surface area contributed by atoms with Gasteiger partial charge in [-0.3, -0.25) is 9.78 Å². The van der Waals surface area contributed by atoms with Crippen LogP contribution in [0.2, 0.25) is 5.02 Å². The van der Waals surface area contributed by atoms with E-state index in [1.807, 2.05) is 45.0 Å². The Balaban J connectivity index is 1.10. The van der Waals surface area contributed by atoms with Crippen molar-refractivity contribution >= 4 is 34.1 Å². The Morgan fingerprint density at radius 1 is 1.09 bits per heavy atom. The number of aromatic nitrogens is 1. The summed E-state index contributed by atoms with van der Waals surface area (Å²) in [6.07, 6.45) is 5.03. The van der Waals surface area contributed by atoms with E-state index in [0.717, 1.165) is 42.4 Å². The van der Waals surface area contributed by atoms with Crippen LogP contribution in [0.3, 0.4) is 0 Å². The summed E-state index contributed by atoms with van der Waals surface area (Å²) in [7, 11) is 0. The third kappa shape index (κ3) is 3.78. The van der Waals surface area contributed by atoms with Gasteiger partial charge in [-0.15, -0.1) is 0 Å². The van der Waals surface area contributed by atoms with E-state index in [1.165, 1.54) is 0 Å². The number of hydrogen-bond donors (Lipinski definition) is 2. The Labute approximate surface area is 198 Å². The number of carbonyl (C=O) groups is 1. The van der Waals surface area contributed by atoms with Gasteiger partial charge in [0.15, 0.2) is 5.79 Å². The van der Waals surface area contributed by atoms with Gasteiger partial charge in [0.1, 0.15) is 0 Å². The SMILES string of the molecule is CC12CCC3(CCC(=O)NCCCNc4ccnc5cc(Cl)ccc45)[C@@](C)(OO[C@]3(C)O1)O2. The second-order valence-corrected chi connectivity index (χ2v) is 10.1. The molecule has 0 radical (unpaired) electrons. The summed E-state index contributed by atoms with van der Waals surface area (Å²) in [5.41, 5.74) is 1.32. The second-order valence-electron chi connectivity index (χ2n) is 9.63. The summed E-state index contributed by atoms with van der Waals surface area (Å²) in [6.45, 7) is 7.00. The number of pyridine rings is 1. The molecule has 178 valence electrons. The smallest absolute Gasteiger partial charge is 0.220 e. The van der Waals surface area contributed by atoms with Crippen molar-refractivity contribution in [2.45, 2.75) is 70.2 Å². The normalized spacial score (nSPS) is 34.5. The molecule has 2 aromatic rings. The Bertz CT molecular complexity index is 1060. The fourth-order valence-electron chi connectivity index (χ4n) is 5.61. The van der Waals surface area contributed by atoms with E-state index in [0.29, 0.717) is 24.4 Å². The molecule has 1 aromatic carbocycles. The number of benzene rings is 1. The summed E-state index contributed by atoms with van der Waals surface area (Å²) in [4.78, 5) is 28.1. The zero-order valence-corrected chi connectivity index (χ0v) is 20.0. The molecule has 0 saturated carbocycles. The molecule has 8 nitrogen and oxygen atoms in total. The molecule has 4 saturated heterocycles. The highest BCUT2D eigenvalue weighted by Gasteiger charge is 2.78. The molecule has 0 aliphatic carbocycles. The Morgan fingerprint density at radius 3 is 2.61 bits per heavy atom. The maximum atomic E-state index is 12.6. The van der Waals surface area contributed by atoms with Crippen LogP contribution < -0.4 is 10.6 Å². The highest BCUT2D eigenvalue weighted by Crippen LogP contribution is 2.68. The van der Waals surface area contributed by atoms with Crippen molar-refractivity contribution in [2.75, 3.05) is 18.4 Å². The standard InChI is InChI=1S/C24H30ClN3O5/c1-21-10-11-24(22(2,30-21)32-33-23(24,3)31-21)9-7-20(29)28-13-4-12-26-18-8-14-27-19-15-16(25)5-6-17(18)19/h5-6,8,14-15H,4,7,9-13H2,1-3H3,(H,26,27)(H,28,29)/t21?,22-,23+,24?. The molecule has 0 spiro atoms. The van der Waals surface area contributed by atoms with Gasteiger partial charge in [-0.05, 0) is 64.3 Å². The molecule has 9 heteroatoms. The van der Waals surface area contributed by atoms with E-state index < -0.39 is 22.8 Å². The number of nitrogens with one attached hydrogen (secondary N) is 2. The van der Waals surface area contributed by atoms with E-state index in [1.54, 1.807) is 6.20 Å². The summed E-state index contributed by atoms with van der Waals surface area (Å²) in [5.74, 6) is -2.56. The van der Waals surface area contributed by atoms with Gasteiger partial charge >= 0.3 is 0 Å². The lowest BCUT2D eigenvalue weighted by atomic mass is 9.63. The lowest BCUT2D eigenvalue weighted by Crippen LogP contribution is -2.70. The van der Waals surface area contributed by atoms with Crippen LogP contribution >= 0.6 is 11.6 Å². The minimum absolute atomic E-state index is 0.00103. The number of amides is 1. The van der Waals surface area contributed by atoms with Gasteiger partial charge < -0.3 is 20.1 Å². The summed E-state index contributed by atoms with van der Waals surface area (Å²) in [5, 5.41) is 8.12. The number of halogens is 1. The molecule has 2 N–H and O–H groups in total. The number of hydrogen-bond acceptors (Lipinski definition) is 7. The fourth-order valence-corrected chi connectivity index (χ4v) is 5.78. The van der Waals surface area contributed by atoms with Crippen molar-refractivity contribution in [1.29, 1.82) is 0 Å². The first-order chi connectivity index (χ1) is 15.7. The fraction of sp³-hybridized carbons (Fsp3) is 0.583. The van der Waals surface area contributed by atoms with E-state index in [-0.39, 0.29) is 5.91 Å². The van der Waals surface area contributed by atoms with Crippen LogP contribution in [0.5, 0.6) is 0 Å². The van der Waals surface area contributed by atoms with Crippen LogP contribution in [0.4, 0.5) is 5.69 Å². The molecule has 4 atom stereocenters. The van der Waals surface area contributed by atoms with E-state index in [2.05, 4.69) is 15.6 Å². The second kappa shape index (κ2) is 8.06. The summed E-state index contributed by atoms with van der Waals surface area (Å²) >= 11 is 6.05. The monoisotopic (exact) mass is 475 g/mol. The highest BCUT2D eigenvalue weighted by atomic mass is 35.5. The van der Waals surface area contributed by atoms with Gasteiger partial charge in [0.2, 0.25) is 17.5 Å². The third-order valence-corrected chi connectivity index (χ3v) is 7.64. The van der Waals surface area contributed by atoms with Gasteiger partial charge in [-0.1, -0.05) is 11.6 Å². The van der Waals surface area contributed by atoms with E-state index in [9.17, 15) is 4.79 Å². The molecule has 33 heavy (non-hydrogen) atoms. The average Bonchev–Trinajstić information content (AvgIpc) is 2.91. The number of carbonyl (C=O) groups excluding carboxylic acids is 1. The Kier molecular flexibility index (Phi) is 5.57. The largest absolute Gasteiger partial charge is 0.384 e. The molecule has 1 amide bonds. The molecular weight excluding hydrogens is 446 g/mol. The molecule has 4 aliphatic rings. The zero-order valence-electron chi connectivity index (χ0n) is 19.2. The van der Waals surface area contributed by atoms with Crippen LogP contribution in [0.25, 0.3) is 10.9 Å². The van der Waals surface area contributed by atoms with Crippen molar-refractivity contribution in [3.63, 3.8) is 0 Å². The van der Waals surface area contributed by atoms with Gasteiger partial charge in [0.25, 0.3) is 0 Å². The number of ether oxygens (including phenoxy) is 2. The van der Waals surface area contributed by atoms with Gasteiger partial charge in [0, 0.05) is 48.2 Å². The molecule has 4 aliphatic heterocycles. The number of anilines is 1. The van der Waals surface area contributed by atoms with Crippen molar-refractivity contribution in [3.8, 4) is 0 Å². The zero-order chi connectivity index (χ0) is 23.3. The first-order valence-corrected chi connectivity index (χ1v) is 11.9. The van der Waals surface area contributed by atoms with Crippen LogP contribution in [0.15, 0.2) is 30.5 Å². The van der Waals surface area contributed by atoms with Crippen molar-refractivity contribution < 1.29 is 24.0 Å². The molecular formula is C24H30ClN3O5. The van der Waals surface area contributed by atoms with Gasteiger partial charge in [-0.25, -0.2) is 0 Å². The quantitative estimate of drug-likeness (QED) is 0.428. The van der Waals surface area contributed by atoms with Crippen molar-refractivity contribution in [1.82, 2.24) is 10.3 Å². The van der Waals surface area contributed by atoms with Crippen molar-refractivity contribution in [2.24, 2.45) is 5.41 Å². The maximum Gasteiger partial charge on any atom is 0.220 e. The molecule has 2 unspecified atom stereocenters. The lowest BCUT2D eigenvalue weighted by Gasteiger charge is -2.60. The predicted octanol–water partition coefficient (Wildman–Crippen LogP) is 4.52. The van der Waals surface area contributed by atoms with Crippen LogP contribution in [0, 0.1) is 5.41 Å². The van der Waals surface area contributed by atoms with E-state index in [4.69, 9.17) is 30.8 Å². The molecule has 1 aromatic heterocycles. The topological polar surface area (TPSA) is 90.9 Å². The molecule has 5 heterocycles. The minimum atomic E-state index is -0.922. The first-order valence-electron chi connectivity index (χ1n) is 11.5. The Hall–Kier alpha value is -1.97. The van der Waals surface area contributed by atoms with E-state index >= 15 is 0 Å². The van der Waals surface area contributed by atoms with Crippen LogP contribution in [-0.4, -0.2) is 41.3 Å². The first kappa shape index (κ1) is 22.8. The van der Waals surface area contributed by atoms with Gasteiger partial charge in [0.05, 0.1) is 10.9 Å². The highest BCUT2D eigenvalue weighted by molar-refractivity contribution is 6.31. The van der Waals surface area contributed by atoms with Crippen LogP contribution in [0.1, 0.15) is 52.9 Å². The maximum absolute atomic E-state index is 12.6. The average molecular weight is 476 g/mol. The number of nitrogens with zero attached hydrogens (tertiary/aromatic N) is 1. The molecule has 4 fully saturated rings. The van der Waals surface area contributed by atoms with Crippen molar-refractivity contribution in [3.05, 3.63) is 35.5 Å². The lowest BCUT2D eigenvalue weighted by molar-refractivity contribution is -0.455. The number of fused-ring (bicyclic) bond motifs is 2. The third-order valence-electron chi connectivity index (χ3n) is 7.40. The van der Waals surface area contributed by atoms with Gasteiger partial charge in [-0.2, -0.15) is 9.78 Å². The summed E-state index contributed by atoms with van der Waals surface area (Å²) in [6, 6.07) is 7.61. The minimum Gasteiger partial charge on any atom is -0.384 e. The molecule has 6 rings (SSSR count). The predicted molar refractivity (Wildman–Crippen MR) is 123 cm³/mol.